The quantitative estimate of drug-likeness (QED) is 0.875. The fraction of sp³-hybridized carbons (Fsp3) is 0.412. The van der Waals surface area contributed by atoms with Gasteiger partial charge in [0.1, 0.15) is 5.75 Å². The van der Waals surface area contributed by atoms with Crippen molar-refractivity contribution in [2.45, 2.75) is 32.2 Å². The van der Waals surface area contributed by atoms with Crippen LogP contribution in [-0.2, 0) is 0 Å². The third-order valence-corrected chi connectivity index (χ3v) is 3.89. The Hall–Kier alpha value is -1.54. The fourth-order valence-corrected chi connectivity index (χ4v) is 2.77. The van der Waals surface area contributed by atoms with E-state index in [4.69, 9.17) is 10.5 Å². The molecule has 1 aliphatic rings. The second-order valence-electron chi connectivity index (χ2n) is 5.42. The van der Waals surface area contributed by atoms with Crippen LogP contribution in [0.2, 0.25) is 0 Å². The number of fused-ring (bicyclic) bond motifs is 1. The maximum atomic E-state index is 6.45. The van der Waals surface area contributed by atoms with Gasteiger partial charge < -0.3 is 10.5 Å². The van der Waals surface area contributed by atoms with Gasteiger partial charge in [-0.25, -0.2) is 0 Å². The molecule has 19 heavy (non-hydrogen) atoms. The highest BCUT2D eigenvalue weighted by atomic mass is 16.5. The number of hydrogen-bond acceptors (Lipinski definition) is 2. The van der Waals surface area contributed by atoms with Gasteiger partial charge in [-0.05, 0) is 36.1 Å². The molecule has 0 saturated heterocycles. The molecule has 1 atom stereocenters. The predicted octanol–water partition coefficient (Wildman–Crippen LogP) is 4.04. The van der Waals surface area contributed by atoms with Crippen LogP contribution in [0.3, 0.4) is 0 Å². The van der Waals surface area contributed by atoms with E-state index in [9.17, 15) is 0 Å². The Morgan fingerprint density at radius 3 is 2.74 bits per heavy atom. The summed E-state index contributed by atoms with van der Waals surface area (Å²) in [6.07, 6.45) is 3.75. The summed E-state index contributed by atoms with van der Waals surface area (Å²) in [5.41, 5.74) is 7.64. The third kappa shape index (κ3) is 2.59. The van der Waals surface area contributed by atoms with Gasteiger partial charge >= 0.3 is 0 Å². The van der Waals surface area contributed by atoms with Crippen molar-refractivity contribution in [3.63, 3.8) is 0 Å². The van der Waals surface area contributed by atoms with Crippen LogP contribution in [0.25, 0.3) is 10.8 Å². The lowest BCUT2D eigenvalue weighted by molar-refractivity contribution is 0.334. The molecule has 100 valence electrons. The first-order chi connectivity index (χ1) is 9.29. The van der Waals surface area contributed by atoms with E-state index in [1.54, 1.807) is 0 Å². The third-order valence-electron chi connectivity index (χ3n) is 3.89. The molecule has 0 bridgehead atoms. The summed E-state index contributed by atoms with van der Waals surface area (Å²) in [6, 6.07) is 12.7. The molecule has 0 radical (unpaired) electrons. The standard InChI is InChI=1S/C17H21NO/c1-2-19-16-10-9-13-5-3-4-6-14(13)17(16)15(18)11-12-7-8-12/h3-6,9-10,12,15H,2,7-8,11,18H2,1H3/t15-/m1/s1. The van der Waals surface area contributed by atoms with Crippen molar-refractivity contribution >= 4 is 10.8 Å². The molecular weight excluding hydrogens is 234 g/mol. The number of rotatable bonds is 5. The van der Waals surface area contributed by atoms with Gasteiger partial charge in [0.05, 0.1) is 6.61 Å². The normalized spacial score (nSPS) is 16.5. The van der Waals surface area contributed by atoms with E-state index in [-0.39, 0.29) is 6.04 Å². The lowest BCUT2D eigenvalue weighted by Crippen LogP contribution is -2.13. The van der Waals surface area contributed by atoms with Crippen LogP contribution in [0, 0.1) is 5.92 Å². The van der Waals surface area contributed by atoms with Crippen LogP contribution < -0.4 is 10.5 Å². The van der Waals surface area contributed by atoms with E-state index in [1.165, 1.54) is 29.2 Å². The van der Waals surface area contributed by atoms with E-state index in [0.717, 1.165) is 18.1 Å². The molecule has 2 aromatic carbocycles. The minimum Gasteiger partial charge on any atom is -0.494 e. The zero-order valence-corrected chi connectivity index (χ0v) is 11.4. The van der Waals surface area contributed by atoms with Crippen molar-refractivity contribution in [3.05, 3.63) is 42.0 Å². The Kier molecular flexibility index (Phi) is 3.43. The van der Waals surface area contributed by atoms with Gasteiger partial charge in [-0.3, -0.25) is 0 Å². The van der Waals surface area contributed by atoms with Crippen molar-refractivity contribution in [1.82, 2.24) is 0 Å². The van der Waals surface area contributed by atoms with Gasteiger partial charge in [0, 0.05) is 11.6 Å². The molecule has 0 aliphatic heterocycles. The van der Waals surface area contributed by atoms with E-state index in [0.29, 0.717) is 6.61 Å². The van der Waals surface area contributed by atoms with Crippen LogP contribution >= 0.6 is 0 Å². The van der Waals surface area contributed by atoms with Gasteiger partial charge in [-0.15, -0.1) is 0 Å². The number of hydrogen-bond donors (Lipinski definition) is 1. The molecule has 2 heteroatoms. The molecule has 0 unspecified atom stereocenters. The largest absolute Gasteiger partial charge is 0.494 e. The Morgan fingerprint density at radius 2 is 2.00 bits per heavy atom. The average Bonchev–Trinajstić information content (AvgIpc) is 3.22. The maximum Gasteiger partial charge on any atom is 0.124 e. The lowest BCUT2D eigenvalue weighted by atomic mass is 9.95. The Balaban J connectivity index is 2.07. The molecule has 1 saturated carbocycles. The predicted molar refractivity (Wildman–Crippen MR) is 79.4 cm³/mol. The van der Waals surface area contributed by atoms with E-state index < -0.39 is 0 Å². The maximum absolute atomic E-state index is 6.45. The SMILES string of the molecule is CCOc1ccc2ccccc2c1[C@H](N)CC1CC1. The lowest BCUT2D eigenvalue weighted by Gasteiger charge is -2.19. The summed E-state index contributed by atoms with van der Waals surface area (Å²) in [5, 5.41) is 2.48. The molecule has 1 fully saturated rings. The summed E-state index contributed by atoms with van der Waals surface area (Å²) in [4.78, 5) is 0. The second-order valence-corrected chi connectivity index (χ2v) is 5.42. The van der Waals surface area contributed by atoms with Gasteiger partial charge in [0.2, 0.25) is 0 Å². The zero-order chi connectivity index (χ0) is 13.2. The fourth-order valence-electron chi connectivity index (χ4n) is 2.77. The minimum atomic E-state index is 0.0835. The summed E-state index contributed by atoms with van der Waals surface area (Å²) >= 11 is 0. The van der Waals surface area contributed by atoms with Crippen molar-refractivity contribution in [2.24, 2.45) is 11.7 Å². The molecule has 0 amide bonds. The first-order valence-electron chi connectivity index (χ1n) is 7.19. The number of nitrogens with two attached hydrogens (primary N) is 1. The van der Waals surface area contributed by atoms with Crippen LogP contribution in [0.15, 0.2) is 36.4 Å². The minimum absolute atomic E-state index is 0.0835. The first kappa shape index (κ1) is 12.5. The van der Waals surface area contributed by atoms with E-state index in [2.05, 4.69) is 36.4 Å². The highest BCUT2D eigenvalue weighted by Gasteiger charge is 2.26. The topological polar surface area (TPSA) is 35.2 Å². The van der Waals surface area contributed by atoms with Crippen LogP contribution in [0.5, 0.6) is 5.75 Å². The van der Waals surface area contributed by atoms with Gasteiger partial charge in [-0.2, -0.15) is 0 Å². The van der Waals surface area contributed by atoms with Crippen molar-refractivity contribution < 1.29 is 4.74 Å². The molecule has 1 aliphatic carbocycles. The Morgan fingerprint density at radius 1 is 1.21 bits per heavy atom. The first-order valence-corrected chi connectivity index (χ1v) is 7.19. The summed E-state index contributed by atoms with van der Waals surface area (Å²) in [6.45, 7) is 2.70. The highest BCUT2D eigenvalue weighted by molar-refractivity contribution is 5.88. The zero-order valence-electron chi connectivity index (χ0n) is 11.4. The molecule has 2 aromatic rings. The van der Waals surface area contributed by atoms with E-state index in [1.807, 2.05) is 6.92 Å². The van der Waals surface area contributed by atoms with Gasteiger partial charge in [0.25, 0.3) is 0 Å². The molecule has 2 nitrogen and oxygen atoms in total. The Labute approximate surface area is 114 Å². The van der Waals surface area contributed by atoms with Gasteiger partial charge in [-0.1, -0.05) is 43.2 Å². The average molecular weight is 255 g/mol. The van der Waals surface area contributed by atoms with Crippen LogP contribution in [0.1, 0.15) is 37.8 Å². The molecule has 2 N–H and O–H groups in total. The number of benzene rings is 2. The monoisotopic (exact) mass is 255 g/mol. The summed E-state index contributed by atoms with van der Waals surface area (Å²) in [7, 11) is 0. The summed E-state index contributed by atoms with van der Waals surface area (Å²) < 4.78 is 5.79. The highest BCUT2D eigenvalue weighted by Crippen LogP contribution is 2.41. The molecule has 0 heterocycles. The number of ether oxygens (including phenoxy) is 1. The summed E-state index contributed by atoms with van der Waals surface area (Å²) in [5.74, 6) is 1.78. The van der Waals surface area contributed by atoms with Gasteiger partial charge in [0.15, 0.2) is 0 Å². The van der Waals surface area contributed by atoms with Crippen LogP contribution in [-0.4, -0.2) is 6.61 Å². The molecular formula is C17H21NO. The van der Waals surface area contributed by atoms with Crippen molar-refractivity contribution in [2.75, 3.05) is 6.61 Å². The van der Waals surface area contributed by atoms with Crippen LogP contribution in [0.4, 0.5) is 0 Å². The Bertz CT molecular complexity index is 574. The second kappa shape index (κ2) is 5.22. The van der Waals surface area contributed by atoms with Crippen molar-refractivity contribution in [3.8, 4) is 5.75 Å². The molecule has 0 aromatic heterocycles. The molecule has 3 rings (SSSR count). The van der Waals surface area contributed by atoms with E-state index >= 15 is 0 Å². The van der Waals surface area contributed by atoms with Crippen molar-refractivity contribution in [1.29, 1.82) is 0 Å². The molecule has 0 spiro atoms. The smallest absolute Gasteiger partial charge is 0.124 e.